The molecule has 0 bridgehead atoms. The number of rotatable bonds is 21. The zero-order chi connectivity index (χ0) is 35.1. The summed E-state index contributed by atoms with van der Waals surface area (Å²) in [4.78, 5) is 37.7. The van der Waals surface area contributed by atoms with E-state index in [4.69, 9.17) is 10.2 Å². The molecule has 0 aliphatic rings. The molecule has 0 radical (unpaired) electrons. The Kier molecular flexibility index (Phi) is 15.2. The first-order valence-corrected chi connectivity index (χ1v) is 17.5. The molecule has 3 aromatic rings. The largest absolute Gasteiger partial charge is 0.396 e. The van der Waals surface area contributed by atoms with Gasteiger partial charge in [0.25, 0.3) is 0 Å². The van der Waals surface area contributed by atoms with Crippen molar-refractivity contribution in [2.75, 3.05) is 51.6 Å². The molecule has 0 saturated carbocycles. The summed E-state index contributed by atoms with van der Waals surface area (Å²) in [7, 11) is -3.84. The second-order valence-electron chi connectivity index (χ2n) is 10.9. The van der Waals surface area contributed by atoms with E-state index in [2.05, 4.69) is 50.9 Å². The molecule has 2 aromatic carbocycles. The molecule has 16 heteroatoms. The molecule has 0 spiro atoms. The van der Waals surface area contributed by atoms with E-state index in [1.165, 1.54) is 12.1 Å². The van der Waals surface area contributed by atoms with Crippen LogP contribution in [0, 0.1) is 6.92 Å². The Balaban J connectivity index is 1.71. The summed E-state index contributed by atoms with van der Waals surface area (Å²) in [6.07, 6.45) is 1.38. The van der Waals surface area contributed by atoms with Crippen LogP contribution >= 0.6 is 12.6 Å². The van der Waals surface area contributed by atoms with Gasteiger partial charge in [0.15, 0.2) is 5.78 Å². The summed E-state index contributed by atoms with van der Waals surface area (Å²) in [6, 6.07) is 14.7. The zero-order valence-corrected chi connectivity index (χ0v) is 28.6. The van der Waals surface area contributed by atoms with Gasteiger partial charge in [-0.1, -0.05) is 30.8 Å². The predicted molar refractivity (Wildman–Crippen MR) is 187 cm³/mol. The number of carbonyl (C=O) groups is 3. The molecule has 2 amide bonds. The van der Waals surface area contributed by atoms with Gasteiger partial charge in [-0.05, 0) is 75.3 Å². The number of nitrogens with two attached hydrogens (primary N) is 1. The standard InChI is InChI=1S/C32H44N8O6S2/c1-22-17-28(40(39-22)26-9-11-27(12-10-26)48(33,45)46)24-5-7-25(8-6-24)32(35-15-3-13-34-14-4-16-41)29(42)18-37-31(44)20-38-30(43)19-36-23(2)21-47/h5-12,17,32,34-36,41,47H,2-4,13-16,18-21H2,1H3,(H,37,44)(H,38,43)(H2,33,45,46). The maximum Gasteiger partial charge on any atom is 0.239 e. The van der Waals surface area contributed by atoms with Crippen LogP contribution in [0.25, 0.3) is 16.9 Å². The molecule has 1 aromatic heterocycles. The van der Waals surface area contributed by atoms with Gasteiger partial charge in [0.2, 0.25) is 21.8 Å². The van der Waals surface area contributed by atoms with Gasteiger partial charge >= 0.3 is 0 Å². The summed E-state index contributed by atoms with van der Waals surface area (Å²) in [5, 5.41) is 33.2. The highest BCUT2D eigenvalue weighted by Crippen LogP contribution is 2.26. The molecule has 260 valence electrons. The number of hydrogen-bond acceptors (Lipinski definition) is 11. The fraction of sp³-hybridized carbons (Fsp3) is 0.375. The van der Waals surface area contributed by atoms with E-state index in [0.717, 1.165) is 23.4 Å². The summed E-state index contributed by atoms with van der Waals surface area (Å²) in [6.45, 7) is 6.97. The summed E-state index contributed by atoms with van der Waals surface area (Å²) < 4.78 is 25.1. The van der Waals surface area contributed by atoms with Gasteiger partial charge in [-0.15, -0.1) is 0 Å². The highest BCUT2D eigenvalue weighted by molar-refractivity contribution is 7.89. The van der Waals surface area contributed by atoms with Gasteiger partial charge in [0, 0.05) is 23.6 Å². The number of aromatic nitrogens is 2. The Hall–Kier alpha value is -4.06. The molecule has 48 heavy (non-hydrogen) atoms. The number of aliphatic hydroxyl groups excluding tert-OH is 1. The van der Waals surface area contributed by atoms with Crippen LogP contribution in [0.4, 0.5) is 0 Å². The minimum atomic E-state index is -3.84. The quantitative estimate of drug-likeness (QED) is 0.0564. The smallest absolute Gasteiger partial charge is 0.239 e. The SMILES string of the molecule is C=C(CS)NCC(=O)NCC(=O)NCC(=O)C(NCCCNCCCO)c1ccc(-c2cc(C)nn2-c2ccc(S(N)(=O)=O)cc2)cc1. The monoisotopic (exact) mass is 700 g/mol. The van der Waals surface area contributed by atoms with Crippen molar-refractivity contribution in [3.05, 3.63) is 78.1 Å². The molecule has 1 atom stereocenters. The molecule has 0 aliphatic heterocycles. The van der Waals surface area contributed by atoms with Crippen LogP contribution in [-0.2, 0) is 24.4 Å². The molecule has 1 unspecified atom stereocenters. The van der Waals surface area contributed by atoms with Crippen molar-refractivity contribution in [3.8, 4) is 16.9 Å². The molecule has 0 saturated heterocycles. The van der Waals surface area contributed by atoms with Gasteiger partial charge in [-0.2, -0.15) is 17.7 Å². The number of aryl methyl sites for hydroxylation is 1. The molecular weight excluding hydrogens is 657 g/mol. The van der Waals surface area contributed by atoms with Crippen molar-refractivity contribution in [2.45, 2.75) is 30.7 Å². The number of Topliss-reactive ketones (excluding diaryl/α,β-unsaturated/α-hetero) is 1. The second kappa shape index (κ2) is 19.1. The maximum absolute atomic E-state index is 13.4. The van der Waals surface area contributed by atoms with Gasteiger partial charge in [0.05, 0.1) is 47.6 Å². The lowest BCUT2D eigenvalue weighted by Gasteiger charge is -2.19. The van der Waals surface area contributed by atoms with E-state index in [1.807, 2.05) is 37.3 Å². The van der Waals surface area contributed by atoms with E-state index in [9.17, 15) is 22.8 Å². The van der Waals surface area contributed by atoms with E-state index >= 15 is 0 Å². The maximum atomic E-state index is 13.4. The van der Waals surface area contributed by atoms with Gasteiger partial charge in [0.1, 0.15) is 0 Å². The van der Waals surface area contributed by atoms with E-state index in [0.29, 0.717) is 48.8 Å². The van der Waals surface area contributed by atoms with Crippen molar-refractivity contribution in [1.82, 2.24) is 36.4 Å². The van der Waals surface area contributed by atoms with Gasteiger partial charge in [-0.25, -0.2) is 18.2 Å². The first kappa shape index (κ1) is 38.4. The van der Waals surface area contributed by atoms with Crippen molar-refractivity contribution >= 4 is 40.2 Å². The molecule has 14 nitrogen and oxygen atoms in total. The van der Waals surface area contributed by atoms with Crippen molar-refractivity contribution in [2.24, 2.45) is 5.14 Å². The average Bonchev–Trinajstić information content (AvgIpc) is 3.47. The lowest BCUT2D eigenvalue weighted by molar-refractivity contribution is -0.127. The van der Waals surface area contributed by atoms with E-state index in [1.54, 1.807) is 16.8 Å². The lowest BCUT2D eigenvalue weighted by Crippen LogP contribution is -2.43. The number of nitrogens with zero attached hydrogens (tertiary/aromatic N) is 2. The Bertz CT molecular complexity index is 1640. The van der Waals surface area contributed by atoms with E-state index < -0.39 is 27.9 Å². The topological polar surface area (TPSA) is 210 Å². The van der Waals surface area contributed by atoms with Crippen molar-refractivity contribution < 1.29 is 27.9 Å². The summed E-state index contributed by atoms with van der Waals surface area (Å²) in [5.74, 6) is -0.798. The molecule has 0 fully saturated rings. The second-order valence-corrected chi connectivity index (χ2v) is 12.8. The first-order valence-electron chi connectivity index (χ1n) is 15.4. The molecule has 8 N–H and O–H groups in total. The van der Waals surface area contributed by atoms with Crippen LogP contribution in [0.15, 0.2) is 71.8 Å². The number of ketones is 1. The van der Waals surface area contributed by atoms with Crippen LogP contribution in [-0.4, -0.2) is 92.5 Å². The first-order chi connectivity index (χ1) is 22.9. The molecule has 1 heterocycles. The Morgan fingerprint density at radius 1 is 0.938 bits per heavy atom. The zero-order valence-electron chi connectivity index (χ0n) is 26.9. The van der Waals surface area contributed by atoms with Crippen molar-refractivity contribution in [1.29, 1.82) is 0 Å². The number of aliphatic hydroxyl groups is 1. The average molecular weight is 701 g/mol. The number of benzene rings is 2. The number of carbonyl (C=O) groups excluding carboxylic acids is 3. The van der Waals surface area contributed by atoms with Gasteiger partial charge in [-0.3, -0.25) is 14.4 Å². The Morgan fingerprint density at radius 2 is 1.56 bits per heavy atom. The Labute approximate surface area is 286 Å². The number of thiol groups is 1. The Morgan fingerprint density at radius 3 is 2.19 bits per heavy atom. The lowest BCUT2D eigenvalue weighted by atomic mass is 9.99. The molecule has 0 aliphatic carbocycles. The number of hydrogen-bond donors (Lipinski definition) is 8. The van der Waals surface area contributed by atoms with Crippen molar-refractivity contribution in [3.63, 3.8) is 0 Å². The van der Waals surface area contributed by atoms with Crippen LogP contribution < -0.4 is 31.7 Å². The van der Waals surface area contributed by atoms with Gasteiger partial charge < -0.3 is 31.7 Å². The number of primary sulfonamides is 1. The third-order valence-electron chi connectivity index (χ3n) is 7.09. The minimum absolute atomic E-state index is 0.00467. The number of sulfonamides is 1. The normalized spacial score (nSPS) is 11.9. The predicted octanol–water partition coefficient (Wildman–Crippen LogP) is 0.323. The summed E-state index contributed by atoms with van der Waals surface area (Å²) in [5.41, 5.74) is 4.22. The number of amides is 2. The highest BCUT2D eigenvalue weighted by atomic mass is 32.2. The minimum Gasteiger partial charge on any atom is -0.396 e. The van der Waals surface area contributed by atoms with E-state index in [-0.39, 0.29) is 36.9 Å². The van der Waals surface area contributed by atoms with Crippen LogP contribution in [0.1, 0.15) is 30.1 Å². The highest BCUT2D eigenvalue weighted by Gasteiger charge is 2.21. The fourth-order valence-electron chi connectivity index (χ4n) is 4.58. The fourth-order valence-corrected chi connectivity index (χ4v) is 5.21. The summed E-state index contributed by atoms with van der Waals surface area (Å²) >= 11 is 4.06. The van der Waals surface area contributed by atoms with Crippen LogP contribution in [0.3, 0.4) is 0 Å². The third-order valence-corrected chi connectivity index (χ3v) is 8.40. The molecular formula is C32H44N8O6S2. The van der Waals surface area contributed by atoms with Crippen LogP contribution in [0.5, 0.6) is 0 Å². The number of nitrogens with one attached hydrogen (secondary N) is 5. The van der Waals surface area contributed by atoms with Crippen LogP contribution in [0.2, 0.25) is 0 Å². The third kappa shape index (κ3) is 12.2. The molecule has 3 rings (SSSR count).